The Morgan fingerprint density at radius 2 is 1.44 bits per heavy atom. The SMILES string of the molecule is CC(C)CCCCCC(CCCC(=O)O)C(=O)O. The average molecular weight is 258 g/mol. The highest BCUT2D eigenvalue weighted by molar-refractivity contribution is 5.70. The second-order valence-corrected chi connectivity index (χ2v) is 5.35. The van der Waals surface area contributed by atoms with Crippen molar-refractivity contribution < 1.29 is 19.8 Å². The Morgan fingerprint density at radius 1 is 0.889 bits per heavy atom. The van der Waals surface area contributed by atoms with Gasteiger partial charge in [0.15, 0.2) is 0 Å². The van der Waals surface area contributed by atoms with E-state index in [1.165, 1.54) is 6.42 Å². The summed E-state index contributed by atoms with van der Waals surface area (Å²) in [6.07, 6.45) is 6.02. The molecule has 4 heteroatoms. The lowest BCUT2D eigenvalue weighted by Crippen LogP contribution is -2.14. The summed E-state index contributed by atoms with van der Waals surface area (Å²) in [7, 11) is 0. The van der Waals surface area contributed by atoms with Crippen molar-refractivity contribution in [3.63, 3.8) is 0 Å². The van der Waals surface area contributed by atoms with E-state index in [9.17, 15) is 9.59 Å². The summed E-state index contributed by atoms with van der Waals surface area (Å²) >= 11 is 0. The molecule has 0 bridgehead atoms. The van der Waals surface area contributed by atoms with E-state index in [0.717, 1.165) is 19.3 Å². The van der Waals surface area contributed by atoms with E-state index in [-0.39, 0.29) is 12.3 Å². The van der Waals surface area contributed by atoms with Gasteiger partial charge in [0.05, 0.1) is 5.92 Å². The molecule has 0 saturated carbocycles. The normalized spacial score (nSPS) is 12.6. The highest BCUT2D eigenvalue weighted by Crippen LogP contribution is 2.18. The van der Waals surface area contributed by atoms with Crippen LogP contribution in [0.3, 0.4) is 0 Å². The molecule has 0 aromatic carbocycles. The maximum absolute atomic E-state index is 11.0. The molecule has 106 valence electrons. The first-order chi connectivity index (χ1) is 8.43. The van der Waals surface area contributed by atoms with Gasteiger partial charge < -0.3 is 10.2 Å². The number of carbonyl (C=O) groups is 2. The Balaban J connectivity index is 3.70. The smallest absolute Gasteiger partial charge is 0.306 e. The van der Waals surface area contributed by atoms with Gasteiger partial charge in [0.25, 0.3) is 0 Å². The van der Waals surface area contributed by atoms with Crippen molar-refractivity contribution in [2.45, 2.75) is 65.2 Å². The van der Waals surface area contributed by atoms with E-state index in [1.54, 1.807) is 0 Å². The van der Waals surface area contributed by atoms with E-state index >= 15 is 0 Å². The molecule has 0 radical (unpaired) electrons. The number of carboxylic acid groups (broad SMARTS) is 2. The van der Waals surface area contributed by atoms with Crippen molar-refractivity contribution in [2.75, 3.05) is 0 Å². The van der Waals surface area contributed by atoms with E-state index < -0.39 is 11.9 Å². The minimum atomic E-state index is -0.851. The molecule has 4 nitrogen and oxygen atoms in total. The zero-order chi connectivity index (χ0) is 14.0. The Kier molecular flexibility index (Phi) is 9.33. The Hall–Kier alpha value is -1.06. The summed E-state index contributed by atoms with van der Waals surface area (Å²) in [4.78, 5) is 21.4. The van der Waals surface area contributed by atoms with Gasteiger partial charge in [-0.1, -0.05) is 39.5 Å². The average Bonchev–Trinajstić information content (AvgIpc) is 2.25. The van der Waals surface area contributed by atoms with E-state index in [4.69, 9.17) is 10.2 Å². The zero-order valence-electron chi connectivity index (χ0n) is 11.5. The number of aliphatic carboxylic acids is 2. The molecule has 2 N–H and O–H groups in total. The number of unbranched alkanes of at least 4 members (excludes halogenated alkanes) is 2. The molecule has 0 spiro atoms. The first-order valence-corrected chi connectivity index (χ1v) is 6.88. The first kappa shape index (κ1) is 16.9. The molecule has 0 rings (SSSR count). The second kappa shape index (κ2) is 9.92. The van der Waals surface area contributed by atoms with Crippen molar-refractivity contribution in [3.8, 4) is 0 Å². The molecule has 0 aliphatic carbocycles. The number of rotatable bonds is 11. The lowest BCUT2D eigenvalue weighted by Gasteiger charge is -2.11. The minimum absolute atomic E-state index is 0.0666. The minimum Gasteiger partial charge on any atom is -0.481 e. The van der Waals surface area contributed by atoms with Gasteiger partial charge in [0, 0.05) is 6.42 Å². The predicted molar refractivity (Wildman–Crippen MR) is 70.5 cm³/mol. The molecule has 0 aromatic rings. The van der Waals surface area contributed by atoms with Crippen LogP contribution >= 0.6 is 0 Å². The van der Waals surface area contributed by atoms with Crippen LogP contribution in [0.4, 0.5) is 0 Å². The predicted octanol–water partition coefficient (Wildman–Crippen LogP) is 3.55. The number of hydrogen-bond donors (Lipinski definition) is 2. The molecule has 0 heterocycles. The highest BCUT2D eigenvalue weighted by atomic mass is 16.4. The maximum Gasteiger partial charge on any atom is 0.306 e. The Morgan fingerprint density at radius 3 is 1.94 bits per heavy atom. The summed E-state index contributed by atoms with van der Waals surface area (Å²) in [5.74, 6) is -1.31. The van der Waals surface area contributed by atoms with Crippen LogP contribution in [0.25, 0.3) is 0 Å². The van der Waals surface area contributed by atoms with Crippen LogP contribution in [0.15, 0.2) is 0 Å². The van der Waals surface area contributed by atoms with Crippen LogP contribution in [-0.4, -0.2) is 22.2 Å². The fourth-order valence-electron chi connectivity index (χ4n) is 2.01. The van der Waals surface area contributed by atoms with Gasteiger partial charge in [0.1, 0.15) is 0 Å². The number of hydrogen-bond acceptors (Lipinski definition) is 2. The Labute approximate surface area is 109 Å². The van der Waals surface area contributed by atoms with E-state index in [0.29, 0.717) is 25.2 Å². The summed E-state index contributed by atoms with van der Waals surface area (Å²) in [6, 6.07) is 0. The second-order valence-electron chi connectivity index (χ2n) is 5.35. The lowest BCUT2D eigenvalue weighted by atomic mass is 9.94. The molecule has 0 amide bonds. The third kappa shape index (κ3) is 10.1. The fraction of sp³-hybridized carbons (Fsp3) is 0.857. The third-order valence-electron chi connectivity index (χ3n) is 3.13. The fourth-order valence-corrected chi connectivity index (χ4v) is 2.01. The molecule has 0 fully saturated rings. The third-order valence-corrected chi connectivity index (χ3v) is 3.13. The van der Waals surface area contributed by atoms with Crippen molar-refractivity contribution in [1.82, 2.24) is 0 Å². The molecular weight excluding hydrogens is 232 g/mol. The maximum atomic E-state index is 11.0. The van der Waals surface area contributed by atoms with Gasteiger partial charge in [-0.25, -0.2) is 0 Å². The van der Waals surface area contributed by atoms with Crippen LogP contribution in [0.2, 0.25) is 0 Å². The Bertz CT molecular complexity index is 248. The standard InChI is InChI=1S/C14H26O4/c1-11(2)7-4-3-5-8-12(14(17)18)9-6-10-13(15)16/h11-12H,3-10H2,1-2H3,(H,15,16)(H,17,18). The molecular formula is C14H26O4. The lowest BCUT2D eigenvalue weighted by molar-refractivity contribution is -0.143. The van der Waals surface area contributed by atoms with Crippen LogP contribution < -0.4 is 0 Å². The molecule has 0 aliphatic heterocycles. The van der Waals surface area contributed by atoms with Gasteiger partial charge in [-0.05, 0) is 25.2 Å². The largest absolute Gasteiger partial charge is 0.481 e. The molecule has 0 saturated heterocycles. The summed E-state index contributed by atoms with van der Waals surface area (Å²) in [6.45, 7) is 4.37. The van der Waals surface area contributed by atoms with Gasteiger partial charge >= 0.3 is 11.9 Å². The van der Waals surface area contributed by atoms with Gasteiger partial charge in [-0.15, -0.1) is 0 Å². The molecule has 0 aromatic heterocycles. The van der Waals surface area contributed by atoms with Crippen LogP contribution in [0.5, 0.6) is 0 Å². The highest BCUT2D eigenvalue weighted by Gasteiger charge is 2.16. The zero-order valence-corrected chi connectivity index (χ0v) is 11.5. The molecule has 18 heavy (non-hydrogen) atoms. The van der Waals surface area contributed by atoms with Crippen molar-refractivity contribution in [2.24, 2.45) is 11.8 Å². The number of carboxylic acids is 2. The van der Waals surface area contributed by atoms with Crippen LogP contribution in [-0.2, 0) is 9.59 Å². The van der Waals surface area contributed by atoms with E-state index in [1.807, 2.05) is 0 Å². The van der Waals surface area contributed by atoms with Crippen LogP contribution in [0, 0.1) is 11.8 Å². The quantitative estimate of drug-likeness (QED) is 0.556. The summed E-state index contributed by atoms with van der Waals surface area (Å²) in [5, 5.41) is 17.6. The van der Waals surface area contributed by atoms with Gasteiger partial charge in [-0.2, -0.15) is 0 Å². The van der Waals surface area contributed by atoms with Crippen molar-refractivity contribution in [1.29, 1.82) is 0 Å². The topological polar surface area (TPSA) is 74.6 Å². The molecule has 0 aliphatic rings. The first-order valence-electron chi connectivity index (χ1n) is 6.88. The van der Waals surface area contributed by atoms with Gasteiger partial charge in [-0.3, -0.25) is 9.59 Å². The van der Waals surface area contributed by atoms with Crippen molar-refractivity contribution >= 4 is 11.9 Å². The summed E-state index contributed by atoms with van der Waals surface area (Å²) in [5.41, 5.74) is 0. The van der Waals surface area contributed by atoms with E-state index in [2.05, 4.69) is 13.8 Å². The van der Waals surface area contributed by atoms with Gasteiger partial charge in [0.2, 0.25) is 0 Å². The summed E-state index contributed by atoms with van der Waals surface area (Å²) < 4.78 is 0. The monoisotopic (exact) mass is 258 g/mol. The molecule has 1 unspecified atom stereocenters. The van der Waals surface area contributed by atoms with Crippen molar-refractivity contribution in [3.05, 3.63) is 0 Å². The van der Waals surface area contributed by atoms with Crippen LogP contribution in [0.1, 0.15) is 65.2 Å². The molecule has 1 atom stereocenters.